The van der Waals surface area contributed by atoms with Crippen molar-refractivity contribution in [3.8, 4) is 17.6 Å². The summed E-state index contributed by atoms with van der Waals surface area (Å²) in [5, 5.41) is 9.97. The van der Waals surface area contributed by atoms with Crippen molar-refractivity contribution in [2.24, 2.45) is 0 Å². The molecule has 0 fully saturated rings. The largest absolute Gasteiger partial charge is 0.454 e. The molecule has 2 aromatic carbocycles. The summed E-state index contributed by atoms with van der Waals surface area (Å²) < 4.78 is 10.6. The Morgan fingerprint density at radius 3 is 2.04 bits per heavy atom. The number of nitriles is 1. The van der Waals surface area contributed by atoms with E-state index in [2.05, 4.69) is 6.07 Å². The maximum absolute atomic E-state index is 9.62. The van der Waals surface area contributed by atoms with Crippen LogP contribution < -0.4 is 9.47 Å². The Hall–Kier alpha value is -1.02. The van der Waals surface area contributed by atoms with E-state index in [0.717, 1.165) is 0 Å². The number of nitrogens with zero attached hydrogens (tertiary/aromatic N) is 1. The lowest BCUT2D eigenvalue weighted by atomic mass is 9.92. The predicted octanol–water partition coefficient (Wildman–Crippen LogP) is 6.34. The number of ether oxygens (including phenoxy) is 2. The summed E-state index contributed by atoms with van der Waals surface area (Å²) >= 11 is 30.6. The van der Waals surface area contributed by atoms with Gasteiger partial charge in [-0.15, -0.1) is 0 Å². The number of fused-ring (bicyclic) bond motifs is 1. The van der Waals surface area contributed by atoms with E-state index in [9.17, 15) is 5.26 Å². The van der Waals surface area contributed by atoms with Crippen molar-refractivity contribution in [3.05, 3.63) is 54.4 Å². The Bertz CT molecular complexity index is 818. The van der Waals surface area contributed by atoms with Crippen LogP contribution in [0.3, 0.4) is 0 Å². The van der Waals surface area contributed by atoms with E-state index in [0.29, 0.717) is 22.6 Å². The van der Waals surface area contributed by atoms with E-state index in [1.54, 1.807) is 18.2 Å². The Labute approximate surface area is 157 Å². The van der Waals surface area contributed by atoms with Crippen molar-refractivity contribution < 1.29 is 9.47 Å². The SMILES string of the molecule is N#CC(c1ccc2c(c1)OCO2)c1c(Cl)c(Cl)c(Cl)c(Cl)c1Cl. The van der Waals surface area contributed by atoms with Gasteiger partial charge in [-0.05, 0) is 17.7 Å². The van der Waals surface area contributed by atoms with E-state index >= 15 is 0 Å². The van der Waals surface area contributed by atoms with Gasteiger partial charge >= 0.3 is 0 Å². The van der Waals surface area contributed by atoms with Gasteiger partial charge in [-0.3, -0.25) is 0 Å². The Morgan fingerprint density at radius 1 is 0.870 bits per heavy atom. The molecule has 0 aromatic heterocycles. The highest BCUT2D eigenvalue weighted by atomic mass is 35.5. The third kappa shape index (κ3) is 2.80. The maximum atomic E-state index is 9.62. The van der Waals surface area contributed by atoms with Crippen LogP contribution in [-0.4, -0.2) is 6.79 Å². The predicted molar refractivity (Wildman–Crippen MR) is 91.5 cm³/mol. The number of benzene rings is 2. The number of halogens is 5. The van der Waals surface area contributed by atoms with Crippen LogP contribution in [-0.2, 0) is 0 Å². The molecular weight excluding hydrogens is 403 g/mol. The molecule has 1 heterocycles. The van der Waals surface area contributed by atoms with Gasteiger partial charge in [0.05, 0.1) is 37.1 Å². The zero-order valence-corrected chi connectivity index (χ0v) is 14.9. The first-order chi connectivity index (χ1) is 11.0. The average Bonchev–Trinajstić information content (AvgIpc) is 3.02. The Balaban J connectivity index is 2.18. The van der Waals surface area contributed by atoms with Gasteiger partial charge < -0.3 is 9.47 Å². The quantitative estimate of drug-likeness (QED) is 0.429. The number of hydrogen-bond donors (Lipinski definition) is 0. The van der Waals surface area contributed by atoms with E-state index in [-0.39, 0.29) is 31.9 Å². The highest BCUT2D eigenvalue weighted by Crippen LogP contribution is 2.48. The van der Waals surface area contributed by atoms with Gasteiger partial charge in [-0.1, -0.05) is 64.1 Å². The molecule has 1 atom stereocenters. The Morgan fingerprint density at radius 2 is 1.43 bits per heavy atom. The van der Waals surface area contributed by atoms with Crippen molar-refractivity contribution in [3.63, 3.8) is 0 Å². The topological polar surface area (TPSA) is 42.2 Å². The third-order valence-corrected chi connectivity index (χ3v) is 5.70. The lowest BCUT2D eigenvalue weighted by Gasteiger charge is -2.17. The molecule has 0 saturated heterocycles. The maximum Gasteiger partial charge on any atom is 0.231 e. The van der Waals surface area contributed by atoms with Crippen LogP contribution in [0, 0.1) is 11.3 Å². The second-order valence-corrected chi connectivity index (χ2v) is 6.55. The van der Waals surface area contributed by atoms with Crippen molar-refractivity contribution in [2.75, 3.05) is 6.79 Å². The molecule has 2 aromatic rings. The van der Waals surface area contributed by atoms with E-state index < -0.39 is 5.92 Å². The first-order valence-corrected chi connectivity index (χ1v) is 8.15. The lowest BCUT2D eigenvalue weighted by molar-refractivity contribution is 0.174. The summed E-state index contributed by atoms with van der Waals surface area (Å²) in [5.41, 5.74) is 0.920. The summed E-state index contributed by atoms with van der Waals surface area (Å²) in [5.74, 6) is 0.354. The molecular formula is C15H6Cl5NO2. The van der Waals surface area contributed by atoms with Crippen LogP contribution in [0.25, 0.3) is 0 Å². The fourth-order valence-corrected chi connectivity index (χ4v) is 3.64. The summed E-state index contributed by atoms with van der Waals surface area (Å²) in [6, 6.07) is 7.29. The summed E-state index contributed by atoms with van der Waals surface area (Å²) in [4.78, 5) is 0. The van der Waals surface area contributed by atoms with Crippen molar-refractivity contribution in [1.29, 1.82) is 5.26 Å². The molecule has 3 rings (SSSR count). The van der Waals surface area contributed by atoms with Gasteiger partial charge in [-0.2, -0.15) is 5.26 Å². The molecule has 0 N–H and O–H groups in total. The number of rotatable bonds is 2. The van der Waals surface area contributed by atoms with Crippen molar-refractivity contribution in [1.82, 2.24) is 0 Å². The van der Waals surface area contributed by atoms with Gasteiger partial charge in [0.15, 0.2) is 11.5 Å². The molecule has 0 radical (unpaired) electrons. The number of hydrogen-bond acceptors (Lipinski definition) is 3. The van der Waals surface area contributed by atoms with Crippen LogP contribution in [0.4, 0.5) is 0 Å². The van der Waals surface area contributed by atoms with Crippen LogP contribution in [0.5, 0.6) is 11.5 Å². The summed E-state index contributed by atoms with van der Waals surface area (Å²) in [7, 11) is 0. The molecule has 8 heteroatoms. The molecule has 1 aliphatic heterocycles. The van der Waals surface area contributed by atoms with Gasteiger partial charge in [0.2, 0.25) is 6.79 Å². The first kappa shape index (κ1) is 16.8. The molecule has 3 nitrogen and oxygen atoms in total. The smallest absolute Gasteiger partial charge is 0.231 e. The van der Waals surface area contributed by atoms with Crippen LogP contribution >= 0.6 is 58.0 Å². The first-order valence-electron chi connectivity index (χ1n) is 6.26. The molecule has 23 heavy (non-hydrogen) atoms. The fraction of sp³-hybridized carbons (Fsp3) is 0.133. The van der Waals surface area contributed by atoms with Crippen LogP contribution in [0.2, 0.25) is 25.1 Å². The fourth-order valence-electron chi connectivity index (χ4n) is 2.27. The minimum Gasteiger partial charge on any atom is -0.454 e. The van der Waals surface area contributed by atoms with Gasteiger partial charge in [0.25, 0.3) is 0 Å². The van der Waals surface area contributed by atoms with Crippen molar-refractivity contribution >= 4 is 58.0 Å². The van der Waals surface area contributed by atoms with Crippen LogP contribution in [0.1, 0.15) is 17.0 Å². The molecule has 118 valence electrons. The normalized spacial score (nSPS) is 13.7. The highest BCUT2D eigenvalue weighted by molar-refractivity contribution is 6.55. The van der Waals surface area contributed by atoms with Crippen LogP contribution in [0.15, 0.2) is 18.2 Å². The molecule has 0 aliphatic carbocycles. The monoisotopic (exact) mass is 407 g/mol. The summed E-state index contributed by atoms with van der Waals surface area (Å²) in [6.07, 6.45) is 0. The van der Waals surface area contributed by atoms with E-state index in [1.807, 2.05) is 0 Å². The second kappa shape index (κ2) is 6.47. The minimum absolute atomic E-state index is 0.0504. The van der Waals surface area contributed by atoms with E-state index in [4.69, 9.17) is 67.5 Å². The molecule has 0 spiro atoms. The zero-order valence-electron chi connectivity index (χ0n) is 11.2. The molecule has 1 aliphatic rings. The van der Waals surface area contributed by atoms with Gasteiger partial charge in [-0.25, -0.2) is 0 Å². The standard InChI is InChI=1S/C15H6Cl5NO2/c16-11-10(12(17)14(19)15(20)13(11)18)7(4-21)6-1-2-8-9(3-6)23-5-22-8/h1-3,7H,5H2. The molecule has 1 unspecified atom stereocenters. The average molecular weight is 409 g/mol. The highest BCUT2D eigenvalue weighted by Gasteiger charge is 2.27. The van der Waals surface area contributed by atoms with Gasteiger partial charge in [0, 0.05) is 5.56 Å². The van der Waals surface area contributed by atoms with E-state index in [1.165, 1.54) is 0 Å². The lowest BCUT2D eigenvalue weighted by Crippen LogP contribution is -2.02. The second-order valence-electron chi connectivity index (χ2n) is 4.66. The van der Waals surface area contributed by atoms with Gasteiger partial charge in [0.1, 0.15) is 0 Å². The summed E-state index contributed by atoms with van der Waals surface area (Å²) in [6.45, 7) is 0.135. The Kier molecular flexibility index (Phi) is 4.73. The molecule has 0 amide bonds. The zero-order chi connectivity index (χ0) is 16.7. The van der Waals surface area contributed by atoms with Crippen molar-refractivity contribution in [2.45, 2.75) is 5.92 Å². The molecule has 0 bridgehead atoms. The minimum atomic E-state index is -0.795. The molecule has 0 saturated carbocycles. The third-order valence-electron chi connectivity index (χ3n) is 3.39.